The van der Waals surface area contributed by atoms with Crippen LogP contribution in [0.2, 0.25) is 0 Å². The van der Waals surface area contributed by atoms with Crippen LogP contribution < -0.4 is 11.1 Å². The van der Waals surface area contributed by atoms with Crippen molar-refractivity contribution in [3.8, 4) is 0 Å². The van der Waals surface area contributed by atoms with Crippen molar-refractivity contribution >= 4 is 0 Å². The molecule has 66 valence electrons. The van der Waals surface area contributed by atoms with Gasteiger partial charge in [-0.15, -0.1) is 0 Å². The SMILES string of the molecule is CCC(C)(CN)CNC1CC1. The van der Waals surface area contributed by atoms with Crippen LogP contribution in [-0.2, 0) is 0 Å². The Kier molecular flexibility index (Phi) is 2.90. The fraction of sp³-hybridized carbons (Fsp3) is 1.00. The van der Waals surface area contributed by atoms with Crippen LogP contribution in [0.1, 0.15) is 33.1 Å². The lowest BCUT2D eigenvalue weighted by atomic mass is 9.88. The summed E-state index contributed by atoms with van der Waals surface area (Å²) in [6.45, 7) is 6.34. The summed E-state index contributed by atoms with van der Waals surface area (Å²) in [4.78, 5) is 0. The van der Waals surface area contributed by atoms with E-state index in [4.69, 9.17) is 5.73 Å². The molecule has 0 aromatic rings. The first kappa shape index (κ1) is 9.01. The molecule has 0 aromatic heterocycles. The van der Waals surface area contributed by atoms with Crippen LogP contribution in [0.5, 0.6) is 0 Å². The molecule has 0 spiro atoms. The van der Waals surface area contributed by atoms with Gasteiger partial charge in [0.25, 0.3) is 0 Å². The summed E-state index contributed by atoms with van der Waals surface area (Å²) < 4.78 is 0. The van der Waals surface area contributed by atoms with E-state index < -0.39 is 0 Å². The number of hydrogen-bond acceptors (Lipinski definition) is 2. The predicted molar refractivity (Wildman–Crippen MR) is 48.5 cm³/mol. The molecule has 1 saturated carbocycles. The summed E-state index contributed by atoms with van der Waals surface area (Å²) in [5.41, 5.74) is 6.01. The molecule has 0 bridgehead atoms. The molecular weight excluding hydrogens is 136 g/mol. The number of nitrogens with one attached hydrogen (secondary N) is 1. The van der Waals surface area contributed by atoms with Crippen molar-refractivity contribution in [1.29, 1.82) is 0 Å². The van der Waals surface area contributed by atoms with Crippen LogP contribution in [-0.4, -0.2) is 19.1 Å². The lowest BCUT2D eigenvalue weighted by molar-refractivity contribution is 0.302. The molecule has 1 fully saturated rings. The summed E-state index contributed by atoms with van der Waals surface area (Å²) in [7, 11) is 0. The quantitative estimate of drug-likeness (QED) is 0.626. The monoisotopic (exact) mass is 156 g/mol. The van der Waals surface area contributed by atoms with E-state index in [0.29, 0.717) is 5.41 Å². The average Bonchev–Trinajstić information content (AvgIpc) is 2.83. The Morgan fingerprint density at radius 1 is 1.55 bits per heavy atom. The van der Waals surface area contributed by atoms with Gasteiger partial charge in [-0.25, -0.2) is 0 Å². The van der Waals surface area contributed by atoms with Gasteiger partial charge in [-0.1, -0.05) is 13.8 Å². The summed E-state index contributed by atoms with van der Waals surface area (Å²) in [6, 6.07) is 0.812. The highest BCUT2D eigenvalue weighted by molar-refractivity contribution is 4.85. The summed E-state index contributed by atoms with van der Waals surface area (Å²) >= 11 is 0. The standard InChI is InChI=1S/C9H20N2/c1-3-9(2,6-10)7-11-8-4-5-8/h8,11H,3-7,10H2,1-2H3. The molecule has 0 heterocycles. The largest absolute Gasteiger partial charge is 0.330 e. The second-order valence-electron chi connectivity index (χ2n) is 4.02. The maximum Gasteiger partial charge on any atom is 0.00684 e. The van der Waals surface area contributed by atoms with Gasteiger partial charge in [-0.2, -0.15) is 0 Å². The van der Waals surface area contributed by atoms with Gasteiger partial charge in [0.1, 0.15) is 0 Å². The van der Waals surface area contributed by atoms with Crippen LogP contribution in [0.4, 0.5) is 0 Å². The van der Waals surface area contributed by atoms with E-state index in [2.05, 4.69) is 19.2 Å². The van der Waals surface area contributed by atoms with Crippen molar-refractivity contribution in [1.82, 2.24) is 5.32 Å². The highest BCUT2D eigenvalue weighted by Crippen LogP contribution is 2.23. The molecule has 11 heavy (non-hydrogen) atoms. The van der Waals surface area contributed by atoms with Crippen LogP contribution >= 0.6 is 0 Å². The molecule has 1 atom stereocenters. The third-order valence-electron chi connectivity index (χ3n) is 2.74. The van der Waals surface area contributed by atoms with E-state index in [9.17, 15) is 0 Å². The molecule has 3 N–H and O–H groups in total. The highest BCUT2D eigenvalue weighted by atomic mass is 15.0. The van der Waals surface area contributed by atoms with Gasteiger partial charge in [0, 0.05) is 12.6 Å². The van der Waals surface area contributed by atoms with Gasteiger partial charge in [0.15, 0.2) is 0 Å². The van der Waals surface area contributed by atoms with Gasteiger partial charge in [0.2, 0.25) is 0 Å². The van der Waals surface area contributed by atoms with Crippen molar-refractivity contribution in [3.05, 3.63) is 0 Å². The zero-order valence-corrected chi connectivity index (χ0v) is 7.69. The van der Waals surface area contributed by atoms with Gasteiger partial charge >= 0.3 is 0 Å². The van der Waals surface area contributed by atoms with Crippen molar-refractivity contribution in [2.75, 3.05) is 13.1 Å². The maximum atomic E-state index is 5.68. The van der Waals surface area contributed by atoms with E-state index in [1.807, 2.05) is 0 Å². The van der Waals surface area contributed by atoms with Crippen molar-refractivity contribution in [2.24, 2.45) is 11.1 Å². The Balaban J connectivity index is 2.18. The van der Waals surface area contributed by atoms with Gasteiger partial charge in [0.05, 0.1) is 0 Å². The summed E-state index contributed by atoms with van der Waals surface area (Å²) in [5, 5.41) is 3.52. The highest BCUT2D eigenvalue weighted by Gasteiger charge is 2.25. The molecule has 1 aliphatic rings. The first-order chi connectivity index (χ1) is 5.20. The Morgan fingerprint density at radius 2 is 2.18 bits per heavy atom. The topological polar surface area (TPSA) is 38.0 Å². The Bertz CT molecular complexity index is 115. The molecule has 0 aromatic carbocycles. The minimum absolute atomic E-state index is 0.322. The molecule has 2 heteroatoms. The summed E-state index contributed by atoms with van der Waals surface area (Å²) in [6.07, 6.45) is 3.90. The minimum atomic E-state index is 0.322. The van der Waals surface area contributed by atoms with Crippen molar-refractivity contribution in [3.63, 3.8) is 0 Å². The van der Waals surface area contributed by atoms with Crippen molar-refractivity contribution in [2.45, 2.75) is 39.2 Å². The van der Waals surface area contributed by atoms with E-state index in [0.717, 1.165) is 19.1 Å². The molecular formula is C9H20N2. The molecule has 0 amide bonds. The minimum Gasteiger partial charge on any atom is -0.330 e. The smallest absolute Gasteiger partial charge is 0.00684 e. The van der Waals surface area contributed by atoms with Crippen LogP contribution in [0.25, 0.3) is 0 Å². The molecule has 1 aliphatic carbocycles. The predicted octanol–water partition coefficient (Wildman–Crippen LogP) is 1.11. The fourth-order valence-corrected chi connectivity index (χ4v) is 1.02. The van der Waals surface area contributed by atoms with E-state index >= 15 is 0 Å². The van der Waals surface area contributed by atoms with Crippen LogP contribution in [0, 0.1) is 5.41 Å². The Labute approximate surface area is 69.5 Å². The van der Waals surface area contributed by atoms with Gasteiger partial charge in [-0.3, -0.25) is 0 Å². The third kappa shape index (κ3) is 2.80. The second kappa shape index (κ2) is 3.55. The Hall–Kier alpha value is -0.0800. The number of hydrogen-bond donors (Lipinski definition) is 2. The van der Waals surface area contributed by atoms with E-state index in [1.54, 1.807) is 0 Å². The number of nitrogens with two attached hydrogens (primary N) is 1. The van der Waals surface area contributed by atoms with Crippen molar-refractivity contribution < 1.29 is 0 Å². The van der Waals surface area contributed by atoms with Crippen LogP contribution in [0.15, 0.2) is 0 Å². The number of rotatable bonds is 5. The zero-order valence-electron chi connectivity index (χ0n) is 7.69. The van der Waals surface area contributed by atoms with Gasteiger partial charge < -0.3 is 11.1 Å². The normalized spacial score (nSPS) is 23.2. The first-order valence-corrected chi connectivity index (χ1v) is 4.63. The molecule has 0 aliphatic heterocycles. The molecule has 0 radical (unpaired) electrons. The third-order valence-corrected chi connectivity index (χ3v) is 2.74. The van der Waals surface area contributed by atoms with E-state index in [1.165, 1.54) is 19.3 Å². The van der Waals surface area contributed by atoms with E-state index in [-0.39, 0.29) is 0 Å². The average molecular weight is 156 g/mol. The molecule has 2 nitrogen and oxygen atoms in total. The lowest BCUT2D eigenvalue weighted by Crippen LogP contribution is -2.38. The first-order valence-electron chi connectivity index (χ1n) is 4.63. The second-order valence-corrected chi connectivity index (χ2v) is 4.02. The van der Waals surface area contributed by atoms with Crippen LogP contribution in [0.3, 0.4) is 0 Å². The fourth-order valence-electron chi connectivity index (χ4n) is 1.02. The molecule has 0 saturated heterocycles. The molecule has 1 rings (SSSR count). The lowest BCUT2D eigenvalue weighted by Gasteiger charge is -2.26. The Morgan fingerprint density at radius 3 is 2.55 bits per heavy atom. The molecule has 1 unspecified atom stereocenters. The maximum absolute atomic E-state index is 5.68. The van der Waals surface area contributed by atoms with Gasteiger partial charge in [-0.05, 0) is 31.2 Å². The zero-order chi connectivity index (χ0) is 8.32. The summed E-state index contributed by atoms with van der Waals surface area (Å²) in [5.74, 6) is 0.